The van der Waals surface area contributed by atoms with Gasteiger partial charge in [-0.2, -0.15) is 0 Å². The minimum absolute atomic E-state index is 0.190. The number of carbonyl (C=O) groups is 3. The Morgan fingerprint density at radius 1 is 0.912 bits per heavy atom. The number of benzene rings is 3. The molecule has 3 aromatic rings. The van der Waals surface area contributed by atoms with E-state index in [9.17, 15) is 14.4 Å². The molecule has 7 nitrogen and oxygen atoms in total. The molecule has 3 aromatic carbocycles. The highest BCUT2D eigenvalue weighted by atomic mass is 16.5. The molecule has 0 saturated carbocycles. The standard InChI is InChI=1S/C27H25N3O4/c1-18(31)28-21-15-13-20(14-16-21)24-25(29(2)17-19-9-5-4-6-10-19)27(33)30(26(24)32)22-11-7-8-12-23(22)34-3/h4-16H,17H2,1-3H3,(H,28,31). The zero-order chi connectivity index (χ0) is 24.2. The molecular formula is C27H25N3O4. The summed E-state index contributed by atoms with van der Waals surface area (Å²) in [6.45, 7) is 1.87. The Bertz CT molecular complexity index is 1270. The molecule has 34 heavy (non-hydrogen) atoms. The highest BCUT2D eigenvalue weighted by Gasteiger charge is 2.42. The van der Waals surface area contributed by atoms with E-state index in [4.69, 9.17) is 4.74 Å². The highest BCUT2D eigenvalue weighted by Crippen LogP contribution is 2.38. The van der Waals surface area contributed by atoms with Crippen molar-refractivity contribution in [1.82, 2.24) is 4.90 Å². The first-order valence-electron chi connectivity index (χ1n) is 10.8. The number of imide groups is 1. The third kappa shape index (κ3) is 4.41. The van der Waals surface area contributed by atoms with E-state index in [0.29, 0.717) is 40.5 Å². The van der Waals surface area contributed by atoms with E-state index >= 15 is 0 Å². The summed E-state index contributed by atoms with van der Waals surface area (Å²) in [5, 5.41) is 2.71. The topological polar surface area (TPSA) is 79.0 Å². The van der Waals surface area contributed by atoms with Gasteiger partial charge in [-0.25, -0.2) is 4.90 Å². The zero-order valence-corrected chi connectivity index (χ0v) is 19.2. The first kappa shape index (κ1) is 22.8. The summed E-state index contributed by atoms with van der Waals surface area (Å²) in [6, 6.07) is 23.6. The number of para-hydroxylation sites is 2. The minimum Gasteiger partial charge on any atom is -0.495 e. The van der Waals surface area contributed by atoms with Gasteiger partial charge in [0.1, 0.15) is 11.4 Å². The number of hydrogen-bond acceptors (Lipinski definition) is 5. The monoisotopic (exact) mass is 455 g/mol. The molecule has 1 N–H and O–H groups in total. The van der Waals surface area contributed by atoms with E-state index in [1.807, 2.05) is 30.3 Å². The van der Waals surface area contributed by atoms with Crippen molar-refractivity contribution < 1.29 is 19.1 Å². The maximum atomic E-state index is 13.7. The van der Waals surface area contributed by atoms with Crippen LogP contribution in [0.2, 0.25) is 0 Å². The number of amides is 3. The smallest absolute Gasteiger partial charge is 0.282 e. The average molecular weight is 456 g/mol. The Morgan fingerprint density at radius 2 is 1.56 bits per heavy atom. The van der Waals surface area contributed by atoms with Gasteiger partial charge in [-0.3, -0.25) is 14.4 Å². The Labute approximate surface area is 198 Å². The number of rotatable bonds is 7. The minimum atomic E-state index is -0.434. The van der Waals surface area contributed by atoms with Crippen molar-refractivity contribution in [2.45, 2.75) is 13.5 Å². The van der Waals surface area contributed by atoms with Crippen molar-refractivity contribution >= 4 is 34.7 Å². The van der Waals surface area contributed by atoms with Crippen LogP contribution in [0.4, 0.5) is 11.4 Å². The number of carbonyl (C=O) groups excluding carboxylic acids is 3. The second-order valence-electron chi connectivity index (χ2n) is 7.94. The molecule has 0 fully saturated rings. The van der Waals surface area contributed by atoms with Crippen LogP contribution in [-0.4, -0.2) is 36.8 Å². The molecule has 1 heterocycles. The largest absolute Gasteiger partial charge is 0.495 e. The van der Waals surface area contributed by atoms with Crippen LogP contribution in [0.1, 0.15) is 18.1 Å². The van der Waals surface area contributed by atoms with Gasteiger partial charge in [0.25, 0.3) is 11.8 Å². The number of ether oxygens (including phenoxy) is 1. The Hall–Kier alpha value is -4.39. The quantitative estimate of drug-likeness (QED) is 0.544. The number of nitrogens with zero attached hydrogens (tertiary/aromatic N) is 2. The van der Waals surface area contributed by atoms with Crippen molar-refractivity contribution in [1.29, 1.82) is 0 Å². The van der Waals surface area contributed by atoms with Gasteiger partial charge < -0.3 is 15.0 Å². The van der Waals surface area contributed by atoms with Gasteiger partial charge >= 0.3 is 0 Å². The second kappa shape index (κ2) is 9.62. The van der Waals surface area contributed by atoms with Crippen LogP contribution in [0.5, 0.6) is 5.75 Å². The summed E-state index contributed by atoms with van der Waals surface area (Å²) >= 11 is 0. The molecule has 4 rings (SSSR count). The van der Waals surface area contributed by atoms with Crippen LogP contribution in [0, 0.1) is 0 Å². The Kier molecular flexibility index (Phi) is 6.45. The van der Waals surface area contributed by atoms with E-state index in [1.54, 1.807) is 60.5 Å². The lowest BCUT2D eigenvalue weighted by Gasteiger charge is -2.22. The zero-order valence-electron chi connectivity index (χ0n) is 19.2. The molecule has 0 radical (unpaired) electrons. The fourth-order valence-electron chi connectivity index (χ4n) is 4.03. The predicted octanol–water partition coefficient (Wildman–Crippen LogP) is 4.07. The van der Waals surface area contributed by atoms with Gasteiger partial charge in [-0.15, -0.1) is 0 Å². The van der Waals surface area contributed by atoms with Crippen molar-refractivity contribution in [3.8, 4) is 5.75 Å². The van der Waals surface area contributed by atoms with Crippen LogP contribution >= 0.6 is 0 Å². The van der Waals surface area contributed by atoms with Gasteiger partial charge in [-0.1, -0.05) is 54.6 Å². The lowest BCUT2D eigenvalue weighted by molar-refractivity contribution is -0.120. The van der Waals surface area contributed by atoms with Crippen LogP contribution in [0.25, 0.3) is 5.57 Å². The average Bonchev–Trinajstić information content (AvgIpc) is 3.09. The predicted molar refractivity (Wildman–Crippen MR) is 131 cm³/mol. The third-order valence-corrected chi connectivity index (χ3v) is 5.52. The molecule has 0 atom stereocenters. The van der Waals surface area contributed by atoms with Crippen LogP contribution in [-0.2, 0) is 20.9 Å². The van der Waals surface area contributed by atoms with E-state index < -0.39 is 11.8 Å². The van der Waals surface area contributed by atoms with Gasteiger partial charge in [-0.05, 0) is 35.4 Å². The fraction of sp³-hybridized carbons (Fsp3) is 0.148. The van der Waals surface area contributed by atoms with Gasteiger partial charge in [0.15, 0.2) is 0 Å². The molecule has 7 heteroatoms. The molecule has 0 bridgehead atoms. The number of likely N-dealkylation sites (N-methyl/N-ethyl adjacent to an activating group) is 1. The first-order valence-corrected chi connectivity index (χ1v) is 10.8. The summed E-state index contributed by atoms with van der Waals surface area (Å²) in [7, 11) is 3.30. The molecule has 0 unspecified atom stereocenters. The molecule has 0 saturated heterocycles. The fourth-order valence-corrected chi connectivity index (χ4v) is 4.03. The van der Waals surface area contributed by atoms with Crippen molar-refractivity contribution in [3.05, 3.63) is 95.7 Å². The highest BCUT2D eigenvalue weighted by molar-refractivity contribution is 6.45. The molecule has 0 aliphatic carbocycles. The number of hydrogen-bond donors (Lipinski definition) is 1. The summed E-state index contributed by atoms with van der Waals surface area (Å²) < 4.78 is 5.42. The molecule has 3 amide bonds. The van der Waals surface area contributed by atoms with Gasteiger partial charge in [0.05, 0.1) is 18.4 Å². The van der Waals surface area contributed by atoms with Crippen molar-refractivity contribution in [2.24, 2.45) is 0 Å². The number of nitrogens with one attached hydrogen (secondary N) is 1. The molecule has 172 valence electrons. The normalized spacial score (nSPS) is 13.3. The van der Waals surface area contributed by atoms with Crippen LogP contribution < -0.4 is 15.0 Å². The number of methoxy groups -OCH3 is 1. The number of anilines is 2. The van der Waals surface area contributed by atoms with Crippen LogP contribution in [0.15, 0.2) is 84.6 Å². The Morgan fingerprint density at radius 3 is 2.21 bits per heavy atom. The molecule has 0 spiro atoms. The van der Waals surface area contributed by atoms with Crippen molar-refractivity contribution in [3.63, 3.8) is 0 Å². The summed E-state index contributed by atoms with van der Waals surface area (Å²) in [5.41, 5.74) is 3.18. The lowest BCUT2D eigenvalue weighted by Crippen LogP contribution is -2.34. The molecular weight excluding hydrogens is 430 g/mol. The van der Waals surface area contributed by atoms with E-state index in [2.05, 4.69) is 5.32 Å². The van der Waals surface area contributed by atoms with Gasteiger partial charge in [0.2, 0.25) is 5.91 Å². The SMILES string of the molecule is COc1ccccc1N1C(=O)C(c2ccc(NC(C)=O)cc2)=C(N(C)Cc2ccccc2)C1=O. The van der Waals surface area contributed by atoms with E-state index in [0.717, 1.165) is 10.5 Å². The molecule has 0 aromatic heterocycles. The van der Waals surface area contributed by atoms with E-state index in [1.165, 1.54) is 14.0 Å². The van der Waals surface area contributed by atoms with Crippen LogP contribution in [0.3, 0.4) is 0 Å². The molecule has 1 aliphatic rings. The third-order valence-electron chi connectivity index (χ3n) is 5.52. The molecule has 1 aliphatic heterocycles. The van der Waals surface area contributed by atoms with Crippen molar-refractivity contribution in [2.75, 3.05) is 24.4 Å². The maximum absolute atomic E-state index is 13.7. The lowest BCUT2D eigenvalue weighted by atomic mass is 10.0. The van der Waals surface area contributed by atoms with Gasteiger partial charge in [0, 0.05) is 26.2 Å². The Balaban J connectivity index is 1.79. The first-order chi connectivity index (χ1) is 16.4. The summed E-state index contributed by atoms with van der Waals surface area (Å²) in [5.74, 6) is -0.619. The van der Waals surface area contributed by atoms with E-state index in [-0.39, 0.29) is 5.91 Å². The maximum Gasteiger partial charge on any atom is 0.282 e. The summed E-state index contributed by atoms with van der Waals surface area (Å²) in [6.07, 6.45) is 0. The second-order valence-corrected chi connectivity index (χ2v) is 7.94. The summed E-state index contributed by atoms with van der Waals surface area (Å²) in [4.78, 5) is 41.7.